The van der Waals surface area contributed by atoms with Gasteiger partial charge in [0.15, 0.2) is 23.0 Å². The molecule has 10 aliphatic rings. The SMILES string of the molecule is C=C(CC[C@@H](C)[C@H]1CC[C@@]2(C)[C@@H]3CC[C@H]4C(C)(C)[C@@H](OC(=O)/C=C/c5ccc(O)c(OC)c5)CC[C@@]45C[C@@]35CC[C@]12C)C(C)C.COc1cc(/C=C/C(=O)O[C@H]2CC[C@]34C[C@]35CC[C@]3(C)[C@@H]([C@H](C)CCC=C(C)C)CC[C@@]3(C)[C@@H]5CC[C@H]4C2(C)C)ccc1O.NCCS(=O)(=O)O. The van der Waals surface area contributed by atoms with Gasteiger partial charge in [-0.3, -0.25) is 4.55 Å². The number of hydrogen-bond donors (Lipinski definition) is 4. The van der Waals surface area contributed by atoms with Crippen molar-refractivity contribution >= 4 is 34.2 Å². The number of phenols is 2. The maximum atomic E-state index is 13.1. The molecule has 0 radical (unpaired) electrons. The summed E-state index contributed by atoms with van der Waals surface area (Å²) in [5.74, 6) is 6.81. The third-order valence-electron chi connectivity index (χ3n) is 30.6. The van der Waals surface area contributed by atoms with Gasteiger partial charge >= 0.3 is 11.9 Å². The molecule has 10 fully saturated rings. The summed E-state index contributed by atoms with van der Waals surface area (Å²) >= 11 is 0. The first-order valence-corrected chi connectivity index (χ1v) is 39.0. The molecule has 10 saturated carbocycles. The van der Waals surface area contributed by atoms with Gasteiger partial charge in [0.1, 0.15) is 12.2 Å². The zero-order chi connectivity index (χ0) is 70.2. The lowest BCUT2D eigenvalue weighted by Gasteiger charge is -2.63. The Hall–Kier alpha value is -4.59. The number of hydrogen-bond acceptors (Lipinski definition) is 11. The summed E-state index contributed by atoms with van der Waals surface area (Å²) in [6.45, 7) is 38.9. The van der Waals surface area contributed by atoms with Crippen LogP contribution in [0.2, 0.25) is 0 Å². The number of nitrogens with two attached hydrogens (primary N) is 1. The van der Waals surface area contributed by atoms with Gasteiger partial charge in [-0.15, -0.1) is 0 Å². The van der Waals surface area contributed by atoms with Crippen LogP contribution in [0.4, 0.5) is 0 Å². The average molecular weight is 1340 g/mol. The van der Waals surface area contributed by atoms with Gasteiger partial charge in [0.05, 0.1) is 20.0 Å². The van der Waals surface area contributed by atoms with E-state index in [2.05, 4.69) is 110 Å². The minimum Gasteiger partial charge on any atom is -0.504 e. The molecule has 0 bridgehead atoms. The van der Waals surface area contributed by atoms with Crippen molar-refractivity contribution in [3.05, 3.63) is 83.5 Å². The van der Waals surface area contributed by atoms with Crippen molar-refractivity contribution in [1.29, 1.82) is 0 Å². The van der Waals surface area contributed by atoms with Crippen LogP contribution in [0.5, 0.6) is 23.0 Å². The van der Waals surface area contributed by atoms with Crippen molar-refractivity contribution in [3.8, 4) is 23.0 Å². The smallest absolute Gasteiger partial charge is 0.331 e. The van der Waals surface area contributed by atoms with Crippen molar-refractivity contribution in [2.45, 2.75) is 250 Å². The molecule has 12 rings (SSSR count). The zero-order valence-corrected chi connectivity index (χ0v) is 62.8. The molecular weight excluding hydrogens is 1220 g/mol. The average Bonchev–Trinajstić information content (AvgIpc) is 1.47. The van der Waals surface area contributed by atoms with Crippen LogP contribution in [0.1, 0.15) is 249 Å². The minimum absolute atomic E-state index is 0.0289. The van der Waals surface area contributed by atoms with Crippen LogP contribution in [-0.2, 0) is 29.2 Å². The van der Waals surface area contributed by atoms with Crippen LogP contribution < -0.4 is 15.2 Å². The first-order chi connectivity index (χ1) is 44.9. The molecular formula is C83H125NO11S. The summed E-state index contributed by atoms with van der Waals surface area (Å²) in [6, 6.07) is 10.2. The normalized spacial score (nSPS) is 38.3. The number of carbonyl (C=O) groups excluding carboxylic acids is 2. The third kappa shape index (κ3) is 12.7. The number of methoxy groups -OCH3 is 2. The van der Waals surface area contributed by atoms with Crippen LogP contribution in [0.25, 0.3) is 12.2 Å². The number of esters is 2. The van der Waals surface area contributed by atoms with E-state index in [1.165, 1.54) is 166 Å². The van der Waals surface area contributed by atoms with E-state index in [1.807, 2.05) is 0 Å². The topological polar surface area (TPSA) is 192 Å². The zero-order valence-electron chi connectivity index (χ0n) is 62.0. The summed E-state index contributed by atoms with van der Waals surface area (Å²) in [7, 11) is -0.749. The van der Waals surface area contributed by atoms with Gasteiger partial charge < -0.3 is 34.9 Å². The number of phenolic OH excluding ortho intramolecular Hbond substituents is 2. The van der Waals surface area contributed by atoms with E-state index >= 15 is 0 Å². The molecule has 0 aromatic heterocycles. The highest BCUT2D eigenvalue weighted by Gasteiger charge is 2.84. The Balaban J connectivity index is 0.000000190. The highest BCUT2D eigenvalue weighted by atomic mass is 32.2. The summed E-state index contributed by atoms with van der Waals surface area (Å²) in [5.41, 5.74) is 12.8. The third-order valence-corrected chi connectivity index (χ3v) is 31.4. The lowest BCUT2D eigenvalue weighted by molar-refractivity contribution is -0.179. The van der Waals surface area contributed by atoms with Crippen LogP contribution in [0.15, 0.2) is 72.4 Å². The van der Waals surface area contributed by atoms with Crippen molar-refractivity contribution in [3.63, 3.8) is 0 Å². The number of rotatable bonds is 19. The molecule has 0 heterocycles. The summed E-state index contributed by atoms with van der Waals surface area (Å²) in [4.78, 5) is 26.1. The lowest BCUT2D eigenvalue weighted by Crippen LogP contribution is -2.58. The van der Waals surface area contributed by atoms with Crippen LogP contribution in [0, 0.1) is 107 Å². The molecule has 10 aliphatic carbocycles. The molecule has 2 aromatic rings. The second-order valence-corrected chi connectivity index (χ2v) is 37.2. The molecule has 18 atom stereocenters. The Kier molecular flexibility index (Phi) is 20.9. The summed E-state index contributed by atoms with van der Waals surface area (Å²) < 4.78 is 50.2. The minimum atomic E-state index is -3.80. The van der Waals surface area contributed by atoms with Gasteiger partial charge in [-0.2, -0.15) is 8.42 Å². The van der Waals surface area contributed by atoms with Gasteiger partial charge in [-0.05, 0) is 299 Å². The maximum absolute atomic E-state index is 13.1. The predicted octanol–water partition coefficient (Wildman–Crippen LogP) is 19.4. The van der Waals surface area contributed by atoms with Crippen molar-refractivity contribution in [1.82, 2.24) is 0 Å². The fourth-order valence-corrected chi connectivity index (χ4v) is 25.5. The van der Waals surface area contributed by atoms with Gasteiger partial charge in [-0.25, -0.2) is 9.59 Å². The van der Waals surface area contributed by atoms with E-state index in [0.29, 0.717) is 72.6 Å². The largest absolute Gasteiger partial charge is 0.504 e. The standard InChI is InChI=1S/C41H60O4.C40H58O4.C2H7NO3S/c1-26(2)27(3)10-11-28(4)30-18-20-39(8)34-16-15-33-37(5,6)35(19-21-40(33)25-41(34,40)23-22-38(30,39)7)45-36(43)17-13-29-12-14-31(42)32(24-29)44-9;1-26(2)10-9-11-27(3)29-18-20-38(7)33-16-15-32-36(4,5)34(19-21-39(32)25-40(33,39)23-22-37(29,38)6)44-35(42)17-13-28-12-14-30(41)31(24-28)43-8;3-1-2-7(4,5)6/h12-14,17,24,26,28,30,33-35,42H,3,10-11,15-16,18-23,25H2,1-2,4-9H3;10,12-14,17,24,27,29,32-34,41H,9,11,15-16,18-23,25H2,1-8H3;1-3H2,(H,4,5,6)/b2*17-13+;/t28-,30-,33+,34+,35+,38-,39+,40-,41+;27-,29-,32+,33+,34+,37-,38+,39-,40+;/m11./s1. The fourth-order valence-electron chi connectivity index (χ4n) is 25.2. The van der Waals surface area contributed by atoms with E-state index in [9.17, 15) is 28.2 Å². The van der Waals surface area contributed by atoms with E-state index in [0.717, 1.165) is 59.5 Å². The van der Waals surface area contributed by atoms with E-state index in [4.69, 9.17) is 29.2 Å². The van der Waals surface area contributed by atoms with Crippen molar-refractivity contribution in [2.24, 2.45) is 113 Å². The van der Waals surface area contributed by atoms with Crippen LogP contribution >= 0.6 is 0 Å². The summed E-state index contributed by atoms with van der Waals surface area (Å²) in [5, 5.41) is 19.8. The monoisotopic (exact) mass is 1340 g/mol. The van der Waals surface area contributed by atoms with Gasteiger partial charge in [0, 0.05) is 29.5 Å². The Morgan fingerprint density at radius 2 is 0.990 bits per heavy atom. The predicted molar refractivity (Wildman–Crippen MR) is 387 cm³/mol. The number of ether oxygens (including phenoxy) is 4. The maximum Gasteiger partial charge on any atom is 0.331 e. The molecule has 0 amide bonds. The Labute approximate surface area is 579 Å². The molecule has 5 N–H and O–H groups in total. The Morgan fingerprint density at radius 3 is 1.36 bits per heavy atom. The Bertz CT molecular complexity index is 3410. The molecule has 4 spiro atoms. The van der Waals surface area contributed by atoms with Crippen LogP contribution in [0.3, 0.4) is 0 Å². The van der Waals surface area contributed by atoms with E-state index in [1.54, 1.807) is 48.6 Å². The summed E-state index contributed by atoms with van der Waals surface area (Å²) in [6.07, 6.45) is 37.6. The highest BCUT2D eigenvalue weighted by molar-refractivity contribution is 7.85. The molecule has 96 heavy (non-hydrogen) atoms. The quantitative estimate of drug-likeness (QED) is 0.0451. The molecule has 534 valence electrons. The van der Waals surface area contributed by atoms with Gasteiger partial charge in [-0.1, -0.05) is 119 Å². The number of allylic oxidation sites excluding steroid dienone is 3. The van der Waals surface area contributed by atoms with Gasteiger partial charge in [0.2, 0.25) is 0 Å². The number of carbonyl (C=O) groups is 2. The van der Waals surface area contributed by atoms with E-state index in [-0.39, 0.29) is 58.8 Å². The fraction of sp³-hybridized carbons (Fsp3) is 0.735. The molecule has 2 aromatic carbocycles. The number of benzene rings is 2. The highest BCUT2D eigenvalue weighted by Crippen LogP contribution is 2.91. The van der Waals surface area contributed by atoms with Crippen molar-refractivity contribution < 1.29 is 51.7 Å². The lowest BCUT2D eigenvalue weighted by atomic mass is 9.41. The number of fused-ring (bicyclic) bond motifs is 4. The molecule has 0 unspecified atom stereocenters. The molecule has 12 nitrogen and oxygen atoms in total. The first-order valence-electron chi connectivity index (χ1n) is 37.4. The second kappa shape index (κ2) is 27.1. The molecule has 0 saturated heterocycles. The first kappa shape index (κ1) is 74.1. The second-order valence-electron chi connectivity index (χ2n) is 35.6. The van der Waals surface area contributed by atoms with Crippen molar-refractivity contribution in [2.75, 3.05) is 26.5 Å². The number of aromatic hydroxyl groups is 2. The van der Waals surface area contributed by atoms with E-state index < -0.39 is 10.1 Å². The van der Waals surface area contributed by atoms with Gasteiger partial charge in [0.25, 0.3) is 10.1 Å². The molecule has 13 heteroatoms. The molecule has 0 aliphatic heterocycles. The van der Waals surface area contributed by atoms with Crippen LogP contribution in [-0.4, -0.2) is 73.8 Å². The Morgan fingerprint density at radius 1 is 0.583 bits per heavy atom.